The van der Waals surface area contributed by atoms with Crippen LogP contribution in [0.25, 0.3) is 5.69 Å². The fourth-order valence-electron chi connectivity index (χ4n) is 3.81. The monoisotopic (exact) mass is 392 g/mol. The average molecular weight is 393 g/mol. The van der Waals surface area contributed by atoms with Crippen LogP contribution in [0.2, 0.25) is 0 Å². The first-order valence-corrected chi connectivity index (χ1v) is 9.81. The van der Waals surface area contributed by atoms with Crippen LogP contribution in [-0.4, -0.2) is 39.8 Å². The van der Waals surface area contributed by atoms with Gasteiger partial charge in [-0.1, -0.05) is 18.2 Å². The molecule has 1 fully saturated rings. The highest BCUT2D eigenvalue weighted by Crippen LogP contribution is 2.39. The number of nitrogens with zero attached hydrogens (tertiary/aromatic N) is 3. The molecule has 6 heteroatoms. The first-order valence-electron chi connectivity index (χ1n) is 9.40. The van der Waals surface area contributed by atoms with Gasteiger partial charge in [0.1, 0.15) is 0 Å². The van der Waals surface area contributed by atoms with E-state index < -0.39 is 0 Å². The number of hydrogen-bond acceptors (Lipinski definition) is 3. The molecule has 2 atom stereocenters. The molecule has 0 saturated carbocycles. The summed E-state index contributed by atoms with van der Waals surface area (Å²) >= 11 is 5.68. The van der Waals surface area contributed by atoms with Crippen LogP contribution in [-0.2, 0) is 4.74 Å². The van der Waals surface area contributed by atoms with E-state index >= 15 is 0 Å². The van der Waals surface area contributed by atoms with E-state index in [9.17, 15) is 0 Å². The molecule has 3 aromatic rings. The summed E-state index contributed by atoms with van der Waals surface area (Å²) in [6.07, 6.45) is 3.93. The van der Waals surface area contributed by atoms with Crippen LogP contribution in [0.1, 0.15) is 29.0 Å². The Morgan fingerprint density at radius 2 is 2.04 bits per heavy atom. The van der Waals surface area contributed by atoms with Crippen molar-refractivity contribution in [2.24, 2.45) is 0 Å². The maximum absolute atomic E-state index is 5.68. The van der Waals surface area contributed by atoms with Crippen LogP contribution in [0, 0.1) is 6.92 Å². The lowest BCUT2D eigenvalue weighted by Gasteiger charge is -2.28. The Morgan fingerprint density at radius 1 is 1.14 bits per heavy atom. The number of benzene rings is 1. The fraction of sp³-hybridized carbons (Fsp3) is 0.273. The van der Waals surface area contributed by atoms with Crippen LogP contribution in [0.5, 0.6) is 0 Å². The predicted octanol–water partition coefficient (Wildman–Crippen LogP) is 3.80. The first kappa shape index (κ1) is 18.7. The van der Waals surface area contributed by atoms with E-state index in [0.717, 1.165) is 23.0 Å². The summed E-state index contributed by atoms with van der Waals surface area (Å²) in [5.74, 6) is 0. The highest BCUT2D eigenvalue weighted by Gasteiger charge is 2.40. The number of ether oxygens (including phenoxy) is 1. The smallest absolute Gasteiger partial charge is 0.170 e. The lowest BCUT2D eigenvalue weighted by atomic mass is 10.0. The van der Waals surface area contributed by atoms with E-state index in [1.54, 1.807) is 7.11 Å². The molecule has 4 rings (SSSR count). The molecule has 0 bridgehead atoms. The van der Waals surface area contributed by atoms with Crippen LogP contribution >= 0.6 is 12.2 Å². The molecule has 1 aromatic carbocycles. The number of hydrogen-bond donors (Lipinski definition) is 1. The summed E-state index contributed by atoms with van der Waals surface area (Å²) in [5, 5.41) is 4.21. The van der Waals surface area contributed by atoms with Crippen molar-refractivity contribution in [3.63, 3.8) is 0 Å². The second-order valence-corrected chi connectivity index (χ2v) is 7.34. The molecule has 144 valence electrons. The van der Waals surface area contributed by atoms with E-state index in [1.165, 1.54) is 11.3 Å². The third-order valence-corrected chi connectivity index (χ3v) is 5.45. The molecule has 0 radical (unpaired) electrons. The van der Waals surface area contributed by atoms with E-state index in [0.29, 0.717) is 6.61 Å². The maximum Gasteiger partial charge on any atom is 0.170 e. The predicted molar refractivity (Wildman–Crippen MR) is 115 cm³/mol. The summed E-state index contributed by atoms with van der Waals surface area (Å²) in [7, 11) is 1.72. The van der Waals surface area contributed by atoms with E-state index in [1.807, 2.05) is 24.4 Å². The van der Waals surface area contributed by atoms with Crippen molar-refractivity contribution in [3.05, 3.63) is 83.9 Å². The van der Waals surface area contributed by atoms with Crippen molar-refractivity contribution < 1.29 is 4.74 Å². The summed E-state index contributed by atoms with van der Waals surface area (Å²) in [6.45, 7) is 3.44. The summed E-state index contributed by atoms with van der Waals surface area (Å²) < 4.78 is 7.58. The topological polar surface area (TPSA) is 42.3 Å². The van der Waals surface area contributed by atoms with Gasteiger partial charge in [-0.2, -0.15) is 0 Å². The van der Waals surface area contributed by atoms with Gasteiger partial charge in [-0.25, -0.2) is 0 Å². The van der Waals surface area contributed by atoms with Gasteiger partial charge in [0.15, 0.2) is 5.11 Å². The molecule has 0 aliphatic carbocycles. The molecule has 3 heterocycles. The van der Waals surface area contributed by atoms with Crippen LogP contribution in [0.3, 0.4) is 0 Å². The number of aryl methyl sites for hydroxylation is 1. The molecule has 2 aromatic heterocycles. The molecular weight excluding hydrogens is 368 g/mol. The number of pyridine rings is 1. The number of rotatable bonds is 6. The minimum absolute atomic E-state index is 0.0214. The van der Waals surface area contributed by atoms with E-state index in [2.05, 4.69) is 69.3 Å². The molecule has 5 nitrogen and oxygen atoms in total. The van der Waals surface area contributed by atoms with Crippen molar-refractivity contribution >= 4 is 17.3 Å². The second kappa shape index (κ2) is 8.12. The lowest BCUT2D eigenvalue weighted by molar-refractivity contribution is 0.163. The van der Waals surface area contributed by atoms with Crippen molar-refractivity contribution in [3.8, 4) is 5.69 Å². The zero-order valence-corrected chi connectivity index (χ0v) is 16.9. The third-order valence-electron chi connectivity index (χ3n) is 5.10. The Labute approximate surface area is 171 Å². The molecule has 1 saturated heterocycles. The Bertz CT molecular complexity index is 956. The molecule has 28 heavy (non-hydrogen) atoms. The molecule has 1 N–H and O–H groups in total. The van der Waals surface area contributed by atoms with E-state index in [-0.39, 0.29) is 12.1 Å². The van der Waals surface area contributed by atoms with Gasteiger partial charge in [0.05, 0.1) is 24.4 Å². The molecule has 2 unspecified atom stereocenters. The highest BCUT2D eigenvalue weighted by molar-refractivity contribution is 7.80. The fourth-order valence-corrected chi connectivity index (χ4v) is 4.14. The molecule has 0 spiro atoms. The SMILES string of the molecule is COCCN1C(=S)NC(c2ccccn2)C1c1cccn1-c1cccc(C)c1. The van der Waals surface area contributed by atoms with Crippen molar-refractivity contribution in [2.45, 2.75) is 19.0 Å². The minimum atomic E-state index is -0.0241. The first-order chi connectivity index (χ1) is 13.7. The summed E-state index contributed by atoms with van der Waals surface area (Å²) in [6, 6.07) is 18.8. The van der Waals surface area contributed by atoms with Gasteiger partial charge >= 0.3 is 0 Å². The summed E-state index contributed by atoms with van der Waals surface area (Å²) in [5.41, 5.74) is 4.52. The highest BCUT2D eigenvalue weighted by atomic mass is 32.1. The summed E-state index contributed by atoms with van der Waals surface area (Å²) in [4.78, 5) is 6.81. The van der Waals surface area contributed by atoms with Gasteiger partial charge in [0, 0.05) is 37.4 Å². The van der Waals surface area contributed by atoms with Gasteiger partial charge in [0.25, 0.3) is 0 Å². The molecular formula is C22H24N4OS. The third kappa shape index (κ3) is 3.53. The van der Waals surface area contributed by atoms with Crippen molar-refractivity contribution in [1.29, 1.82) is 0 Å². The zero-order valence-electron chi connectivity index (χ0n) is 16.1. The Morgan fingerprint density at radius 3 is 2.79 bits per heavy atom. The number of nitrogens with one attached hydrogen (secondary N) is 1. The van der Waals surface area contributed by atoms with Crippen molar-refractivity contribution in [2.75, 3.05) is 20.3 Å². The van der Waals surface area contributed by atoms with Gasteiger partial charge in [-0.3, -0.25) is 4.98 Å². The Kier molecular flexibility index (Phi) is 5.41. The Hall–Kier alpha value is -2.70. The Balaban J connectivity index is 1.79. The second-order valence-electron chi connectivity index (χ2n) is 6.95. The number of thiocarbonyl (C=S) groups is 1. The minimum Gasteiger partial charge on any atom is -0.383 e. The quantitative estimate of drug-likeness (QED) is 0.647. The van der Waals surface area contributed by atoms with Gasteiger partial charge in [-0.05, 0) is 61.1 Å². The largest absolute Gasteiger partial charge is 0.383 e. The average Bonchev–Trinajstić information content (AvgIpc) is 3.31. The van der Waals surface area contributed by atoms with Crippen molar-refractivity contribution in [1.82, 2.24) is 19.8 Å². The number of methoxy groups -OCH3 is 1. The number of aromatic nitrogens is 2. The van der Waals surface area contributed by atoms with Gasteiger partial charge in [-0.15, -0.1) is 0 Å². The maximum atomic E-state index is 5.68. The van der Waals surface area contributed by atoms with Gasteiger partial charge in [0.2, 0.25) is 0 Å². The molecule has 1 aliphatic heterocycles. The molecule has 0 amide bonds. The normalized spacial score (nSPS) is 19.1. The van der Waals surface area contributed by atoms with Crippen LogP contribution in [0.4, 0.5) is 0 Å². The van der Waals surface area contributed by atoms with E-state index in [4.69, 9.17) is 17.0 Å². The zero-order chi connectivity index (χ0) is 19.5. The van der Waals surface area contributed by atoms with Crippen LogP contribution in [0.15, 0.2) is 67.0 Å². The lowest BCUT2D eigenvalue weighted by Crippen LogP contribution is -2.33. The standard InChI is InChI=1S/C22H24N4OS/c1-16-7-5-8-17(15-16)25-12-6-10-19(25)21-20(18-9-3-4-11-23-18)24-22(28)26(21)13-14-27-2/h3-12,15,20-21H,13-14H2,1-2H3,(H,24,28). The van der Waals surface area contributed by atoms with Crippen LogP contribution < -0.4 is 5.32 Å². The molecule has 1 aliphatic rings. The van der Waals surface area contributed by atoms with Gasteiger partial charge < -0.3 is 19.5 Å².